The number of Topliss-reactive ketones (excluding diaryl/α,β-unsaturated/α-hetero) is 2. The molecular weight excluding hydrogens is 330 g/mol. The third-order valence-electron chi connectivity index (χ3n) is 4.19. The van der Waals surface area contributed by atoms with Gasteiger partial charge in [-0.1, -0.05) is 30.3 Å². The number of ether oxygens (including phenoxy) is 1. The smallest absolute Gasteiger partial charge is 0.159 e. The van der Waals surface area contributed by atoms with Crippen LogP contribution in [0.2, 0.25) is 0 Å². The first kappa shape index (κ1) is 19.8. The minimum Gasteiger partial charge on any atom is -0.497 e. The highest BCUT2D eigenvalue weighted by Gasteiger charge is 2.11. The molecule has 5 nitrogen and oxygen atoms in total. The van der Waals surface area contributed by atoms with Crippen molar-refractivity contribution in [3.63, 3.8) is 0 Å². The highest BCUT2D eigenvalue weighted by molar-refractivity contribution is 5.94. The van der Waals surface area contributed by atoms with Crippen LogP contribution in [0, 0.1) is 0 Å². The summed E-state index contributed by atoms with van der Waals surface area (Å²) < 4.78 is 5.18. The molecule has 1 N–H and O–H groups in total. The van der Waals surface area contributed by atoms with E-state index in [2.05, 4.69) is 4.90 Å². The van der Waals surface area contributed by atoms with Crippen molar-refractivity contribution in [2.24, 2.45) is 0 Å². The summed E-state index contributed by atoms with van der Waals surface area (Å²) in [5, 5.41) is 8.96. The molecule has 0 radical (unpaired) electrons. The number of nitrogens with zero attached hydrogens (tertiary/aromatic N) is 1. The Balaban J connectivity index is 2.12. The summed E-state index contributed by atoms with van der Waals surface area (Å²) in [5.41, 5.74) is 2.80. The predicted octanol–water partition coefficient (Wildman–Crippen LogP) is 2.85. The maximum atomic E-state index is 11.6. The lowest BCUT2D eigenvalue weighted by Gasteiger charge is -2.22. The van der Waals surface area contributed by atoms with Crippen molar-refractivity contribution in [1.82, 2.24) is 4.90 Å². The van der Waals surface area contributed by atoms with Gasteiger partial charge >= 0.3 is 0 Å². The molecule has 0 heterocycles. The molecule has 0 saturated heterocycles. The second kappa shape index (κ2) is 9.85. The van der Waals surface area contributed by atoms with Crippen LogP contribution >= 0.6 is 0 Å². The lowest BCUT2D eigenvalue weighted by atomic mass is 10.1. The van der Waals surface area contributed by atoms with Crippen molar-refractivity contribution in [1.29, 1.82) is 0 Å². The fraction of sp³-hybridized carbons (Fsp3) is 0.333. The summed E-state index contributed by atoms with van der Waals surface area (Å²) in [5.74, 6) is 0.649. The van der Waals surface area contributed by atoms with Gasteiger partial charge in [-0.3, -0.25) is 14.5 Å². The van der Waals surface area contributed by atoms with Crippen molar-refractivity contribution in [2.75, 3.05) is 20.3 Å². The number of methoxy groups -OCH3 is 1. The van der Waals surface area contributed by atoms with Crippen LogP contribution in [0.15, 0.2) is 48.5 Å². The number of aliphatic hydroxyl groups is 1. The predicted molar refractivity (Wildman–Crippen MR) is 100 cm³/mol. The second-order valence-corrected chi connectivity index (χ2v) is 6.26. The van der Waals surface area contributed by atoms with Crippen LogP contribution < -0.4 is 4.74 Å². The van der Waals surface area contributed by atoms with Crippen molar-refractivity contribution >= 4 is 11.6 Å². The van der Waals surface area contributed by atoms with Gasteiger partial charge in [0.15, 0.2) is 11.6 Å². The van der Waals surface area contributed by atoms with E-state index < -0.39 is 6.61 Å². The summed E-state index contributed by atoms with van der Waals surface area (Å²) in [4.78, 5) is 25.2. The van der Waals surface area contributed by atoms with Gasteiger partial charge in [-0.15, -0.1) is 0 Å². The number of rotatable bonds is 10. The van der Waals surface area contributed by atoms with Crippen LogP contribution in [0.25, 0.3) is 0 Å². The molecule has 5 heteroatoms. The number of carbonyl (C=O) groups is 2. The van der Waals surface area contributed by atoms with Gasteiger partial charge in [0.05, 0.1) is 7.11 Å². The largest absolute Gasteiger partial charge is 0.497 e. The van der Waals surface area contributed by atoms with E-state index >= 15 is 0 Å². The average molecular weight is 355 g/mol. The fourth-order valence-corrected chi connectivity index (χ4v) is 2.71. The van der Waals surface area contributed by atoms with Crippen molar-refractivity contribution in [3.05, 3.63) is 65.2 Å². The number of hydrogen-bond acceptors (Lipinski definition) is 5. The molecule has 0 atom stereocenters. The zero-order valence-corrected chi connectivity index (χ0v) is 15.3. The molecule has 0 aliphatic carbocycles. The molecule has 26 heavy (non-hydrogen) atoms. The summed E-state index contributed by atoms with van der Waals surface area (Å²) >= 11 is 0. The van der Waals surface area contributed by atoms with Crippen LogP contribution in [0.5, 0.6) is 5.75 Å². The van der Waals surface area contributed by atoms with Gasteiger partial charge in [-0.05, 0) is 36.2 Å². The Bertz CT molecular complexity index is 740. The molecule has 2 aromatic rings. The molecule has 2 rings (SSSR count). The Morgan fingerprint density at radius 1 is 1.04 bits per heavy atom. The lowest BCUT2D eigenvalue weighted by molar-refractivity contribution is -0.122. The summed E-state index contributed by atoms with van der Waals surface area (Å²) in [6, 6.07) is 15.3. The molecule has 0 aromatic heterocycles. The van der Waals surface area contributed by atoms with Crippen LogP contribution in [0.4, 0.5) is 0 Å². The highest BCUT2D eigenvalue weighted by Crippen LogP contribution is 2.16. The molecule has 0 bridgehead atoms. The number of aliphatic hydroxyl groups excluding tert-OH is 1. The van der Waals surface area contributed by atoms with E-state index in [1.54, 1.807) is 20.1 Å². The first-order valence-corrected chi connectivity index (χ1v) is 8.59. The van der Waals surface area contributed by atoms with Crippen molar-refractivity contribution < 1.29 is 19.4 Å². The van der Waals surface area contributed by atoms with E-state index in [1.165, 1.54) is 0 Å². The molecular formula is C21H25NO4. The van der Waals surface area contributed by atoms with E-state index in [9.17, 15) is 9.59 Å². The van der Waals surface area contributed by atoms with Crippen LogP contribution in [-0.2, 0) is 17.9 Å². The standard InChI is InChI=1S/C21H25NO4/c1-16(24)19-5-3-4-18(12-19)14-22(11-10-20(25)15-23)13-17-6-8-21(26-2)9-7-17/h3-9,12,23H,10-11,13-15H2,1-2H3. The van der Waals surface area contributed by atoms with Gasteiger partial charge in [0.1, 0.15) is 12.4 Å². The monoisotopic (exact) mass is 355 g/mol. The van der Waals surface area contributed by atoms with E-state index in [0.717, 1.165) is 16.9 Å². The molecule has 0 saturated carbocycles. The number of ketones is 2. The van der Waals surface area contributed by atoms with Crippen molar-refractivity contribution in [3.8, 4) is 5.75 Å². The minimum atomic E-state index is -0.434. The lowest BCUT2D eigenvalue weighted by Crippen LogP contribution is -2.26. The van der Waals surface area contributed by atoms with E-state index in [0.29, 0.717) is 31.6 Å². The first-order chi connectivity index (χ1) is 12.5. The summed E-state index contributed by atoms with van der Waals surface area (Å²) in [6.45, 7) is 2.93. The Morgan fingerprint density at radius 2 is 1.73 bits per heavy atom. The fourth-order valence-electron chi connectivity index (χ4n) is 2.71. The second-order valence-electron chi connectivity index (χ2n) is 6.26. The van der Waals surface area contributed by atoms with Crippen LogP contribution in [0.1, 0.15) is 34.8 Å². The molecule has 0 spiro atoms. The minimum absolute atomic E-state index is 0.0315. The summed E-state index contributed by atoms with van der Waals surface area (Å²) in [6.07, 6.45) is 0.291. The Labute approximate surface area is 154 Å². The summed E-state index contributed by atoms with van der Waals surface area (Å²) in [7, 11) is 1.63. The van der Waals surface area contributed by atoms with Gasteiger partial charge in [0.2, 0.25) is 0 Å². The van der Waals surface area contributed by atoms with E-state index in [-0.39, 0.29) is 11.6 Å². The van der Waals surface area contributed by atoms with Gasteiger partial charge in [-0.2, -0.15) is 0 Å². The Kier molecular flexibility index (Phi) is 7.51. The molecule has 0 fully saturated rings. The SMILES string of the molecule is COc1ccc(CN(CCC(=O)CO)Cc2cccc(C(C)=O)c2)cc1. The van der Waals surface area contributed by atoms with Gasteiger partial charge in [0.25, 0.3) is 0 Å². The van der Waals surface area contributed by atoms with Crippen LogP contribution in [-0.4, -0.2) is 41.8 Å². The molecule has 138 valence electrons. The topological polar surface area (TPSA) is 66.8 Å². The zero-order chi connectivity index (χ0) is 18.9. The number of carbonyl (C=O) groups excluding carboxylic acids is 2. The molecule has 0 amide bonds. The van der Waals surface area contributed by atoms with E-state index in [4.69, 9.17) is 9.84 Å². The maximum absolute atomic E-state index is 11.6. The van der Waals surface area contributed by atoms with Gasteiger partial charge < -0.3 is 9.84 Å². The molecule has 0 aliphatic heterocycles. The third kappa shape index (κ3) is 6.10. The third-order valence-corrected chi connectivity index (χ3v) is 4.19. The highest BCUT2D eigenvalue weighted by atomic mass is 16.5. The van der Waals surface area contributed by atoms with Crippen molar-refractivity contribution in [2.45, 2.75) is 26.4 Å². The quantitative estimate of drug-likeness (QED) is 0.664. The number of hydrogen-bond donors (Lipinski definition) is 1. The molecule has 2 aromatic carbocycles. The van der Waals surface area contributed by atoms with Crippen LogP contribution in [0.3, 0.4) is 0 Å². The van der Waals surface area contributed by atoms with E-state index in [1.807, 2.05) is 42.5 Å². The number of benzene rings is 2. The molecule has 0 unspecified atom stereocenters. The molecule has 0 aliphatic rings. The zero-order valence-electron chi connectivity index (χ0n) is 15.3. The van der Waals surface area contributed by atoms with Gasteiger partial charge in [0, 0.05) is 31.6 Å². The Hall–Kier alpha value is -2.50. The normalized spacial score (nSPS) is 10.8. The Morgan fingerprint density at radius 3 is 2.35 bits per heavy atom. The first-order valence-electron chi connectivity index (χ1n) is 8.59. The average Bonchev–Trinajstić information content (AvgIpc) is 2.66. The maximum Gasteiger partial charge on any atom is 0.159 e. The van der Waals surface area contributed by atoms with Gasteiger partial charge in [-0.25, -0.2) is 0 Å².